The van der Waals surface area contributed by atoms with Crippen LogP contribution < -0.4 is 5.73 Å². The number of aliphatic hydroxyl groups is 2. The van der Waals surface area contributed by atoms with Crippen LogP contribution in [0, 0.1) is 12.3 Å². The molecule has 2 rings (SSSR count). The van der Waals surface area contributed by atoms with E-state index in [1.807, 2.05) is 0 Å². The lowest BCUT2D eigenvalue weighted by Crippen LogP contribution is -2.48. The number of methoxy groups -OCH3 is 1. The third-order valence-corrected chi connectivity index (χ3v) is 3.54. The SMILES string of the molecule is C#C[C@](CO)(OC)[C@@H](O)Cn1ccc2c(N)nc(Cl)nc21. The molecule has 0 saturated carbocycles. The highest BCUT2D eigenvalue weighted by Gasteiger charge is 2.36. The van der Waals surface area contributed by atoms with E-state index < -0.39 is 18.3 Å². The van der Waals surface area contributed by atoms with Gasteiger partial charge in [0, 0.05) is 13.3 Å². The minimum absolute atomic E-state index is 0.00607. The van der Waals surface area contributed by atoms with Gasteiger partial charge in [-0.2, -0.15) is 4.98 Å². The lowest BCUT2D eigenvalue weighted by Gasteiger charge is -2.30. The minimum Gasteiger partial charge on any atom is -0.392 e. The number of hydrogen-bond acceptors (Lipinski definition) is 6. The average molecular weight is 311 g/mol. The Morgan fingerprint density at radius 3 is 2.90 bits per heavy atom. The van der Waals surface area contributed by atoms with Gasteiger partial charge in [0.25, 0.3) is 0 Å². The van der Waals surface area contributed by atoms with E-state index in [-0.39, 0.29) is 17.6 Å². The van der Waals surface area contributed by atoms with Gasteiger partial charge < -0.3 is 25.3 Å². The molecule has 0 unspecified atom stereocenters. The number of aromatic nitrogens is 3. The van der Waals surface area contributed by atoms with E-state index in [1.165, 1.54) is 7.11 Å². The van der Waals surface area contributed by atoms with Crippen molar-refractivity contribution in [3.05, 3.63) is 17.5 Å². The Kier molecular flexibility index (Phi) is 4.34. The maximum atomic E-state index is 10.3. The topological polar surface area (TPSA) is 106 Å². The quantitative estimate of drug-likeness (QED) is 0.532. The van der Waals surface area contributed by atoms with Crippen LogP contribution in [0.15, 0.2) is 12.3 Å². The molecule has 0 bridgehead atoms. The molecule has 0 aromatic carbocycles. The molecule has 0 radical (unpaired) electrons. The standard InChI is InChI=1S/C13H15ClN4O3/c1-3-13(7-19,21-2)9(20)6-18-5-4-8-10(15)16-12(14)17-11(8)18/h1,4-5,9,19-20H,6-7H2,2H3,(H2,15,16,17)/t9-,13+/m0/s1. The molecule has 2 aromatic rings. The van der Waals surface area contributed by atoms with Crippen molar-refractivity contribution in [2.24, 2.45) is 0 Å². The van der Waals surface area contributed by atoms with Crippen LogP contribution in [0.4, 0.5) is 5.82 Å². The van der Waals surface area contributed by atoms with Crippen LogP contribution in [0.25, 0.3) is 11.0 Å². The van der Waals surface area contributed by atoms with Crippen LogP contribution in [0.1, 0.15) is 0 Å². The van der Waals surface area contributed by atoms with E-state index in [1.54, 1.807) is 16.8 Å². The lowest BCUT2D eigenvalue weighted by atomic mass is 9.98. The highest BCUT2D eigenvalue weighted by Crippen LogP contribution is 2.23. The molecule has 2 aromatic heterocycles. The molecule has 8 heteroatoms. The van der Waals surface area contributed by atoms with Gasteiger partial charge in [0.1, 0.15) is 17.6 Å². The molecule has 0 aliphatic rings. The molecule has 4 N–H and O–H groups in total. The van der Waals surface area contributed by atoms with Crippen LogP contribution in [0.2, 0.25) is 5.28 Å². The smallest absolute Gasteiger partial charge is 0.226 e. The number of ether oxygens (including phenoxy) is 1. The summed E-state index contributed by atoms with van der Waals surface area (Å²) in [5.74, 6) is 2.52. The maximum Gasteiger partial charge on any atom is 0.226 e. The number of fused-ring (bicyclic) bond motifs is 1. The summed E-state index contributed by atoms with van der Waals surface area (Å²) in [6.45, 7) is -0.465. The average Bonchev–Trinajstić information content (AvgIpc) is 2.85. The van der Waals surface area contributed by atoms with Crippen molar-refractivity contribution >= 4 is 28.5 Å². The van der Waals surface area contributed by atoms with Gasteiger partial charge >= 0.3 is 0 Å². The largest absolute Gasteiger partial charge is 0.392 e. The molecule has 0 amide bonds. The molecular formula is C13H15ClN4O3. The number of anilines is 1. The zero-order valence-corrected chi connectivity index (χ0v) is 12.1. The van der Waals surface area contributed by atoms with Gasteiger partial charge in [-0.05, 0) is 17.7 Å². The maximum absolute atomic E-state index is 10.3. The van der Waals surface area contributed by atoms with E-state index in [2.05, 4.69) is 15.9 Å². The summed E-state index contributed by atoms with van der Waals surface area (Å²) < 4.78 is 6.69. The van der Waals surface area contributed by atoms with Crippen LogP contribution in [-0.4, -0.2) is 50.2 Å². The zero-order valence-electron chi connectivity index (χ0n) is 11.3. The van der Waals surface area contributed by atoms with Gasteiger partial charge in [-0.1, -0.05) is 5.92 Å². The monoisotopic (exact) mass is 310 g/mol. The summed E-state index contributed by atoms with van der Waals surface area (Å²) in [6.07, 6.45) is 5.87. The van der Waals surface area contributed by atoms with Crippen molar-refractivity contribution in [3.8, 4) is 12.3 Å². The first kappa shape index (κ1) is 15.5. The van der Waals surface area contributed by atoms with Gasteiger partial charge in [-0.25, -0.2) is 4.98 Å². The second kappa shape index (κ2) is 5.87. The Hall–Kier alpha value is -1.85. The molecule has 0 fully saturated rings. The number of nitrogens with two attached hydrogens (primary N) is 1. The van der Waals surface area contributed by atoms with Crippen molar-refractivity contribution in [2.75, 3.05) is 19.5 Å². The first-order chi connectivity index (χ1) is 9.97. The van der Waals surface area contributed by atoms with Crippen molar-refractivity contribution < 1.29 is 14.9 Å². The van der Waals surface area contributed by atoms with E-state index in [9.17, 15) is 10.2 Å². The van der Waals surface area contributed by atoms with Gasteiger partial charge in [-0.15, -0.1) is 6.42 Å². The van der Waals surface area contributed by atoms with Gasteiger partial charge in [0.05, 0.1) is 18.5 Å². The lowest BCUT2D eigenvalue weighted by molar-refractivity contribution is -0.0947. The third-order valence-electron chi connectivity index (χ3n) is 3.37. The fourth-order valence-electron chi connectivity index (χ4n) is 2.05. The van der Waals surface area contributed by atoms with Crippen LogP contribution in [0.5, 0.6) is 0 Å². The summed E-state index contributed by atoms with van der Waals surface area (Å²) in [7, 11) is 1.32. The van der Waals surface area contributed by atoms with Crippen molar-refractivity contribution in [2.45, 2.75) is 18.2 Å². The van der Waals surface area contributed by atoms with E-state index in [0.29, 0.717) is 11.0 Å². The zero-order chi connectivity index (χ0) is 15.6. The highest BCUT2D eigenvalue weighted by molar-refractivity contribution is 6.28. The first-order valence-corrected chi connectivity index (χ1v) is 6.45. The molecule has 21 heavy (non-hydrogen) atoms. The number of nitrogen functional groups attached to an aromatic ring is 1. The van der Waals surface area contributed by atoms with E-state index in [4.69, 9.17) is 28.5 Å². The molecule has 7 nitrogen and oxygen atoms in total. The second-order valence-electron chi connectivity index (χ2n) is 4.50. The molecular weight excluding hydrogens is 296 g/mol. The highest BCUT2D eigenvalue weighted by atomic mass is 35.5. The number of halogens is 1. The predicted molar refractivity (Wildman–Crippen MR) is 78.6 cm³/mol. The van der Waals surface area contributed by atoms with Crippen molar-refractivity contribution in [3.63, 3.8) is 0 Å². The number of terminal acetylenes is 1. The fraction of sp³-hybridized carbons (Fsp3) is 0.385. The van der Waals surface area contributed by atoms with E-state index >= 15 is 0 Å². The van der Waals surface area contributed by atoms with Crippen molar-refractivity contribution in [1.29, 1.82) is 0 Å². The second-order valence-corrected chi connectivity index (χ2v) is 4.83. The van der Waals surface area contributed by atoms with Crippen LogP contribution in [-0.2, 0) is 11.3 Å². The van der Waals surface area contributed by atoms with Crippen LogP contribution in [0.3, 0.4) is 0 Å². The van der Waals surface area contributed by atoms with E-state index in [0.717, 1.165) is 0 Å². The molecule has 0 aliphatic heterocycles. The summed E-state index contributed by atoms with van der Waals surface area (Å²) in [6, 6.07) is 1.71. The summed E-state index contributed by atoms with van der Waals surface area (Å²) in [4.78, 5) is 7.93. The number of rotatable bonds is 5. The fourth-order valence-corrected chi connectivity index (χ4v) is 2.22. The Labute approximate surface area is 126 Å². The van der Waals surface area contributed by atoms with Crippen LogP contribution >= 0.6 is 11.6 Å². The molecule has 0 spiro atoms. The molecule has 2 heterocycles. The Morgan fingerprint density at radius 2 is 2.33 bits per heavy atom. The minimum atomic E-state index is -1.49. The van der Waals surface area contributed by atoms with Gasteiger partial charge in [0.15, 0.2) is 5.60 Å². The predicted octanol–water partition coefficient (Wildman–Crippen LogP) is 0.0385. The number of aliphatic hydroxyl groups excluding tert-OH is 2. The normalized spacial score (nSPS) is 15.6. The van der Waals surface area contributed by atoms with Gasteiger partial charge in [0.2, 0.25) is 5.28 Å². The molecule has 0 saturated heterocycles. The number of nitrogens with zero attached hydrogens (tertiary/aromatic N) is 3. The Bertz CT molecular complexity index is 691. The Morgan fingerprint density at radius 1 is 1.62 bits per heavy atom. The van der Waals surface area contributed by atoms with Crippen molar-refractivity contribution in [1.82, 2.24) is 14.5 Å². The Balaban J connectivity index is 2.39. The van der Waals surface area contributed by atoms with Gasteiger partial charge in [-0.3, -0.25) is 0 Å². The summed E-state index contributed by atoms with van der Waals surface area (Å²) in [5.41, 5.74) is 4.73. The third kappa shape index (κ3) is 2.66. The summed E-state index contributed by atoms with van der Waals surface area (Å²) >= 11 is 5.79. The first-order valence-electron chi connectivity index (χ1n) is 6.07. The number of hydrogen-bond donors (Lipinski definition) is 3. The molecule has 0 aliphatic carbocycles. The summed E-state index contributed by atoms with van der Waals surface area (Å²) in [5, 5.41) is 20.3. The molecule has 112 valence electrons. The molecule has 2 atom stereocenters.